The van der Waals surface area contributed by atoms with Crippen LogP contribution < -0.4 is 0 Å². The van der Waals surface area contributed by atoms with Gasteiger partial charge in [0, 0.05) is 18.1 Å². The number of nitriles is 1. The average molecular weight is 207 g/mol. The molecule has 14 heavy (non-hydrogen) atoms. The van der Waals surface area contributed by atoms with Crippen molar-refractivity contribution in [2.45, 2.75) is 25.4 Å². The molecule has 0 spiro atoms. The van der Waals surface area contributed by atoms with E-state index in [-0.39, 0.29) is 5.41 Å². The van der Waals surface area contributed by atoms with Crippen LogP contribution in [0.15, 0.2) is 23.6 Å². The summed E-state index contributed by atoms with van der Waals surface area (Å²) in [6, 6.07) is 4.07. The molecule has 0 aliphatic rings. The maximum absolute atomic E-state index is 8.80. The third kappa shape index (κ3) is 3.75. The van der Waals surface area contributed by atoms with E-state index in [4.69, 9.17) is 5.26 Å². The van der Waals surface area contributed by atoms with Gasteiger partial charge in [0.15, 0.2) is 5.16 Å². The van der Waals surface area contributed by atoms with Gasteiger partial charge < -0.3 is 0 Å². The van der Waals surface area contributed by atoms with Crippen LogP contribution in [0.3, 0.4) is 0 Å². The fourth-order valence-corrected chi connectivity index (χ4v) is 1.88. The molecule has 0 aliphatic carbocycles. The van der Waals surface area contributed by atoms with E-state index < -0.39 is 0 Å². The number of nitrogens with zero attached hydrogens (tertiary/aromatic N) is 3. The SMILES string of the molecule is CC(C)(C#N)CCSc1ncccn1. The van der Waals surface area contributed by atoms with Gasteiger partial charge in [0.2, 0.25) is 0 Å². The highest BCUT2D eigenvalue weighted by molar-refractivity contribution is 7.99. The standard InChI is InChI=1S/C10H13N3S/c1-10(2,8-11)4-7-14-9-12-5-3-6-13-9/h3,5-6H,4,7H2,1-2H3. The summed E-state index contributed by atoms with van der Waals surface area (Å²) in [5.41, 5.74) is -0.248. The molecule has 0 atom stereocenters. The van der Waals surface area contributed by atoms with Crippen molar-refractivity contribution < 1.29 is 0 Å². The van der Waals surface area contributed by atoms with Crippen LogP contribution in [-0.2, 0) is 0 Å². The van der Waals surface area contributed by atoms with E-state index in [0.717, 1.165) is 17.3 Å². The molecule has 0 saturated heterocycles. The number of aromatic nitrogens is 2. The number of hydrogen-bond donors (Lipinski definition) is 0. The lowest BCUT2D eigenvalue weighted by atomic mass is 9.93. The molecule has 1 aromatic heterocycles. The fourth-order valence-electron chi connectivity index (χ4n) is 0.813. The third-order valence-electron chi connectivity index (χ3n) is 1.80. The van der Waals surface area contributed by atoms with Crippen LogP contribution in [0, 0.1) is 16.7 Å². The Morgan fingerprint density at radius 1 is 1.43 bits per heavy atom. The summed E-state index contributed by atoms with van der Waals surface area (Å²) >= 11 is 1.59. The van der Waals surface area contributed by atoms with Crippen molar-refractivity contribution >= 4 is 11.8 Å². The maximum atomic E-state index is 8.80. The van der Waals surface area contributed by atoms with Crippen LogP contribution in [0.5, 0.6) is 0 Å². The van der Waals surface area contributed by atoms with Gasteiger partial charge in [-0.25, -0.2) is 9.97 Å². The largest absolute Gasteiger partial charge is 0.231 e. The molecular weight excluding hydrogens is 194 g/mol. The molecular formula is C10H13N3S. The van der Waals surface area contributed by atoms with Gasteiger partial charge in [-0.05, 0) is 26.3 Å². The highest BCUT2D eigenvalue weighted by atomic mass is 32.2. The maximum Gasteiger partial charge on any atom is 0.187 e. The van der Waals surface area contributed by atoms with Crippen molar-refractivity contribution in [3.63, 3.8) is 0 Å². The van der Waals surface area contributed by atoms with Crippen molar-refractivity contribution in [1.29, 1.82) is 5.26 Å². The first-order valence-corrected chi connectivity index (χ1v) is 5.44. The second-order valence-corrected chi connectivity index (χ2v) is 4.69. The smallest absolute Gasteiger partial charge is 0.187 e. The highest BCUT2D eigenvalue weighted by Gasteiger charge is 2.16. The van der Waals surface area contributed by atoms with Crippen LogP contribution in [-0.4, -0.2) is 15.7 Å². The molecule has 0 radical (unpaired) electrons. The van der Waals surface area contributed by atoms with Crippen LogP contribution in [0.1, 0.15) is 20.3 Å². The zero-order valence-electron chi connectivity index (χ0n) is 8.40. The molecule has 0 N–H and O–H groups in total. The van der Waals surface area contributed by atoms with Gasteiger partial charge in [-0.1, -0.05) is 11.8 Å². The molecule has 1 heterocycles. The molecule has 0 bridgehead atoms. The lowest BCUT2D eigenvalue weighted by Gasteiger charge is -2.13. The molecule has 0 amide bonds. The molecule has 74 valence electrons. The van der Waals surface area contributed by atoms with Gasteiger partial charge in [0.05, 0.1) is 11.5 Å². The van der Waals surface area contributed by atoms with E-state index in [1.165, 1.54) is 0 Å². The predicted octanol–water partition coefficient (Wildman–Crippen LogP) is 2.51. The van der Waals surface area contributed by atoms with E-state index in [0.29, 0.717) is 0 Å². The molecule has 0 unspecified atom stereocenters. The first-order chi connectivity index (χ1) is 6.64. The Hall–Kier alpha value is -1.08. The van der Waals surface area contributed by atoms with Crippen molar-refractivity contribution in [2.75, 3.05) is 5.75 Å². The lowest BCUT2D eigenvalue weighted by molar-refractivity contribution is 0.482. The number of thioether (sulfide) groups is 1. The van der Waals surface area contributed by atoms with Crippen LogP contribution in [0.25, 0.3) is 0 Å². The lowest BCUT2D eigenvalue weighted by Crippen LogP contribution is -2.08. The van der Waals surface area contributed by atoms with Crippen molar-refractivity contribution in [3.05, 3.63) is 18.5 Å². The molecule has 0 saturated carbocycles. The molecule has 0 aliphatic heterocycles. The number of hydrogen-bond acceptors (Lipinski definition) is 4. The van der Waals surface area contributed by atoms with Crippen molar-refractivity contribution in [3.8, 4) is 6.07 Å². The van der Waals surface area contributed by atoms with E-state index in [1.54, 1.807) is 30.2 Å². The second-order valence-electron chi connectivity index (χ2n) is 3.63. The van der Waals surface area contributed by atoms with Crippen molar-refractivity contribution in [2.24, 2.45) is 5.41 Å². The highest BCUT2D eigenvalue weighted by Crippen LogP contribution is 2.23. The van der Waals surface area contributed by atoms with E-state index in [2.05, 4.69) is 16.0 Å². The van der Waals surface area contributed by atoms with Crippen molar-refractivity contribution in [1.82, 2.24) is 9.97 Å². The van der Waals surface area contributed by atoms with E-state index in [9.17, 15) is 0 Å². The Kier molecular flexibility index (Phi) is 3.90. The van der Waals surface area contributed by atoms with E-state index >= 15 is 0 Å². The minimum absolute atomic E-state index is 0.248. The number of rotatable bonds is 4. The quantitative estimate of drug-likeness (QED) is 0.562. The normalized spacial score (nSPS) is 10.9. The Bertz CT molecular complexity index is 316. The van der Waals surface area contributed by atoms with Crippen LogP contribution in [0.4, 0.5) is 0 Å². The summed E-state index contributed by atoms with van der Waals surface area (Å²) in [6.45, 7) is 3.89. The third-order valence-corrected chi connectivity index (χ3v) is 2.68. The summed E-state index contributed by atoms with van der Waals surface area (Å²) in [4.78, 5) is 8.19. The fraction of sp³-hybridized carbons (Fsp3) is 0.500. The van der Waals surface area contributed by atoms with Gasteiger partial charge in [-0.15, -0.1) is 0 Å². The topological polar surface area (TPSA) is 49.6 Å². The monoisotopic (exact) mass is 207 g/mol. The Balaban J connectivity index is 2.34. The Labute approximate surface area is 88.6 Å². The summed E-state index contributed by atoms with van der Waals surface area (Å²) < 4.78 is 0. The first-order valence-electron chi connectivity index (χ1n) is 4.45. The minimum atomic E-state index is -0.248. The van der Waals surface area contributed by atoms with Gasteiger partial charge in [-0.3, -0.25) is 0 Å². The Morgan fingerprint density at radius 3 is 2.64 bits per heavy atom. The average Bonchev–Trinajstić information content (AvgIpc) is 2.19. The van der Waals surface area contributed by atoms with Crippen LogP contribution in [0.2, 0.25) is 0 Å². The molecule has 1 rings (SSSR count). The molecule has 0 aromatic carbocycles. The summed E-state index contributed by atoms with van der Waals surface area (Å²) in [7, 11) is 0. The zero-order valence-corrected chi connectivity index (χ0v) is 9.21. The second kappa shape index (κ2) is 4.97. The molecule has 0 fully saturated rings. The van der Waals surface area contributed by atoms with Crippen LogP contribution >= 0.6 is 11.8 Å². The zero-order chi connectivity index (χ0) is 10.4. The van der Waals surface area contributed by atoms with Gasteiger partial charge in [-0.2, -0.15) is 5.26 Å². The summed E-state index contributed by atoms with van der Waals surface area (Å²) in [5, 5.41) is 9.58. The first kappa shape index (κ1) is 11.0. The minimum Gasteiger partial charge on any atom is -0.231 e. The Morgan fingerprint density at radius 2 is 2.07 bits per heavy atom. The van der Waals surface area contributed by atoms with Gasteiger partial charge in [0.25, 0.3) is 0 Å². The summed E-state index contributed by atoms with van der Waals surface area (Å²) in [5.74, 6) is 0.880. The van der Waals surface area contributed by atoms with Gasteiger partial charge in [0.1, 0.15) is 0 Å². The molecule has 3 nitrogen and oxygen atoms in total. The van der Waals surface area contributed by atoms with E-state index in [1.807, 2.05) is 13.8 Å². The molecule has 4 heteroatoms. The summed E-state index contributed by atoms with van der Waals surface area (Å²) in [6.07, 6.45) is 4.31. The van der Waals surface area contributed by atoms with Gasteiger partial charge >= 0.3 is 0 Å². The predicted molar refractivity (Wildman–Crippen MR) is 56.8 cm³/mol. The molecule has 1 aromatic rings.